The topological polar surface area (TPSA) is 44.1 Å². The molecule has 1 fully saturated rings. The first-order valence-corrected chi connectivity index (χ1v) is 7.82. The average Bonchev–Trinajstić information content (AvgIpc) is 2.87. The monoisotopic (exact) mass is 278 g/mol. The number of aromatic nitrogens is 2. The van der Waals surface area contributed by atoms with Crippen molar-refractivity contribution in [3.05, 3.63) is 18.0 Å². The zero-order valence-electron chi connectivity index (χ0n) is 12.9. The quantitative estimate of drug-likeness (QED) is 0.748. The molecule has 1 aliphatic carbocycles. The second-order valence-corrected chi connectivity index (χ2v) is 5.95. The lowest BCUT2D eigenvalue weighted by Gasteiger charge is -2.38. The van der Waals surface area contributed by atoms with Gasteiger partial charge in [-0.1, -0.05) is 20.3 Å². The first-order chi connectivity index (χ1) is 9.61. The molecule has 1 saturated carbocycles. The van der Waals surface area contributed by atoms with E-state index in [2.05, 4.69) is 18.9 Å². The second-order valence-electron chi connectivity index (χ2n) is 5.95. The summed E-state index contributed by atoms with van der Waals surface area (Å²) in [7, 11) is 0. The first kappa shape index (κ1) is 15.2. The fourth-order valence-electron chi connectivity index (χ4n) is 3.28. The van der Waals surface area contributed by atoms with Gasteiger partial charge in [-0.15, -0.1) is 0 Å². The van der Waals surface area contributed by atoms with Crippen molar-refractivity contribution < 1.29 is 9.53 Å². The van der Waals surface area contributed by atoms with Crippen molar-refractivity contribution in [2.45, 2.75) is 65.0 Å². The molecule has 0 radical (unpaired) electrons. The smallest absolute Gasteiger partial charge is 0.197 e. The van der Waals surface area contributed by atoms with E-state index in [1.54, 1.807) is 6.20 Å². The van der Waals surface area contributed by atoms with Crippen molar-refractivity contribution in [1.82, 2.24) is 9.78 Å². The molecule has 1 aliphatic rings. The van der Waals surface area contributed by atoms with Crippen LogP contribution >= 0.6 is 0 Å². The number of carbonyl (C=O) groups excluding carboxylic acids is 1. The highest BCUT2D eigenvalue weighted by Crippen LogP contribution is 2.37. The molecule has 2 unspecified atom stereocenters. The lowest BCUT2D eigenvalue weighted by atomic mass is 9.75. The summed E-state index contributed by atoms with van der Waals surface area (Å²) in [4.78, 5) is 12.9. The third-order valence-electron chi connectivity index (χ3n) is 4.14. The van der Waals surface area contributed by atoms with Gasteiger partial charge >= 0.3 is 0 Å². The molecular weight excluding hydrogens is 252 g/mol. The molecule has 4 heteroatoms. The van der Waals surface area contributed by atoms with Crippen LogP contribution in [0.2, 0.25) is 0 Å². The molecule has 0 aromatic carbocycles. The van der Waals surface area contributed by atoms with Gasteiger partial charge in [0.15, 0.2) is 5.78 Å². The van der Waals surface area contributed by atoms with Gasteiger partial charge in [0.1, 0.15) is 5.60 Å². The summed E-state index contributed by atoms with van der Waals surface area (Å²) in [6.07, 6.45) is 8.50. The lowest BCUT2D eigenvalue weighted by molar-refractivity contribution is -0.0511. The van der Waals surface area contributed by atoms with Gasteiger partial charge in [-0.25, -0.2) is 0 Å². The molecule has 1 heterocycles. The number of hydrogen-bond donors (Lipinski definition) is 0. The van der Waals surface area contributed by atoms with Crippen LogP contribution in [-0.2, 0) is 11.3 Å². The number of hydrogen-bond acceptors (Lipinski definition) is 3. The fourth-order valence-corrected chi connectivity index (χ4v) is 3.28. The Hall–Kier alpha value is -1.16. The normalized spacial score (nSPS) is 26.6. The molecule has 0 N–H and O–H groups in total. The summed E-state index contributed by atoms with van der Waals surface area (Å²) in [6.45, 7) is 7.72. The Balaban J connectivity index is 2.21. The Bertz CT molecular complexity index is 451. The Labute approximate surface area is 121 Å². The van der Waals surface area contributed by atoms with Crippen LogP contribution in [0.1, 0.15) is 63.2 Å². The van der Waals surface area contributed by atoms with Crippen LogP contribution in [0.4, 0.5) is 0 Å². The Morgan fingerprint density at radius 1 is 1.55 bits per heavy atom. The maximum absolute atomic E-state index is 12.9. The number of Topliss-reactive ketones (excluding diaryl/α,β-unsaturated/α-hetero) is 1. The molecule has 2 rings (SSSR count). The van der Waals surface area contributed by atoms with Crippen LogP contribution in [0.25, 0.3) is 0 Å². The first-order valence-electron chi connectivity index (χ1n) is 7.82. The van der Waals surface area contributed by atoms with E-state index in [4.69, 9.17) is 4.74 Å². The predicted molar refractivity (Wildman–Crippen MR) is 78.8 cm³/mol. The number of nitrogens with zero attached hydrogens (tertiary/aromatic N) is 2. The minimum absolute atomic E-state index is 0.119. The molecule has 4 nitrogen and oxygen atoms in total. The van der Waals surface area contributed by atoms with E-state index in [-0.39, 0.29) is 5.78 Å². The number of ketones is 1. The van der Waals surface area contributed by atoms with Gasteiger partial charge in [0.05, 0.1) is 11.8 Å². The van der Waals surface area contributed by atoms with Crippen LogP contribution in [0, 0.1) is 5.92 Å². The maximum Gasteiger partial charge on any atom is 0.197 e. The molecular formula is C16H26N2O2. The molecule has 20 heavy (non-hydrogen) atoms. The largest absolute Gasteiger partial charge is 0.367 e. The van der Waals surface area contributed by atoms with Crippen LogP contribution < -0.4 is 0 Å². The summed E-state index contributed by atoms with van der Waals surface area (Å²) in [5, 5.41) is 4.27. The molecule has 0 spiro atoms. The average molecular weight is 278 g/mol. The van der Waals surface area contributed by atoms with Gasteiger partial charge < -0.3 is 4.74 Å². The minimum Gasteiger partial charge on any atom is -0.367 e. The highest BCUT2D eigenvalue weighted by molar-refractivity contribution is 6.02. The van der Waals surface area contributed by atoms with E-state index >= 15 is 0 Å². The van der Waals surface area contributed by atoms with Gasteiger partial charge in [0.2, 0.25) is 0 Å². The standard InChI is InChI=1S/C16H26N2O2/c1-4-9-18-12-14(11-17-18)15(19)16(20-5-2)8-6-7-13(3)10-16/h11-13H,4-10H2,1-3H3. The van der Waals surface area contributed by atoms with Crippen molar-refractivity contribution in [2.24, 2.45) is 5.92 Å². The van der Waals surface area contributed by atoms with Gasteiger partial charge in [-0.3, -0.25) is 9.48 Å². The summed E-state index contributed by atoms with van der Waals surface area (Å²) in [5.74, 6) is 0.665. The van der Waals surface area contributed by atoms with E-state index in [0.29, 0.717) is 18.1 Å². The van der Waals surface area contributed by atoms with E-state index in [1.165, 1.54) is 6.42 Å². The third kappa shape index (κ3) is 3.11. The zero-order chi connectivity index (χ0) is 14.6. The molecule has 0 saturated heterocycles. The zero-order valence-corrected chi connectivity index (χ0v) is 12.9. The van der Waals surface area contributed by atoms with Crippen molar-refractivity contribution in [1.29, 1.82) is 0 Å². The molecule has 1 aromatic heterocycles. The summed E-state index contributed by atoms with van der Waals surface area (Å²) >= 11 is 0. The van der Waals surface area contributed by atoms with Crippen LogP contribution in [0.5, 0.6) is 0 Å². The Morgan fingerprint density at radius 2 is 2.35 bits per heavy atom. The number of ether oxygens (including phenoxy) is 1. The van der Waals surface area contributed by atoms with Gasteiger partial charge in [0.25, 0.3) is 0 Å². The van der Waals surface area contributed by atoms with Crippen molar-refractivity contribution >= 4 is 5.78 Å². The van der Waals surface area contributed by atoms with Crippen molar-refractivity contribution in [3.63, 3.8) is 0 Å². The summed E-state index contributed by atoms with van der Waals surface area (Å²) in [5.41, 5.74) is 0.0768. The Kier molecular flexibility index (Phi) is 4.97. The molecule has 0 aliphatic heterocycles. The lowest BCUT2D eigenvalue weighted by Crippen LogP contribution is -2.45. The predicted octanol–water partition coefficient (Wildman–Crippen LogP) is 3.46. The molecule has 1 aromatic rings. The molecule has 0 amide bonds. The second kappa shape index (κ2) is 6.53. The van der Waals surface area contributed by atoms with E-state index < -0.39 is 5.60 Å². The summed E-state index contributed by atoms with van der Waals surface area (Å²) < 4.78 is 7.79. The van der Waals surface area contributed by atoms with Crippen LogP contribution in [-0.4, -0.2) is 27.8 Å². The van der Waals surface area contributed by atoms with Crippen LogP contribution in [0.15, 0.2) is 12.4 Å². The summed E-state index contributed by atoms with van der Waals surface area (Å²) in [6, 6.07) is 0. The highest BCUT2D eigenvalue weighted by Gasteiger charge is 2.43. The molecule has 2 atom stereocenters. The fraction of sp³-hybridized carbons (Fsp3) is 0.750. The van der Waals surface area contributed by atoms with Gasteiger partial charge in [-0.05, 0) is 38.5 Å². The van der Waals surface area contributed by atoms with Gasteiger partial charge in [-0.2, -0.15) is 5.10 Å². The highest BCUT2D eigenvalue weighted by atomic mass is 16.5. The number of rotatable bonds is 6. The van der Waals surface area contributed by atoms with Crippen molar-refractivity contribution in [3.8, 4) is 0 Å². The van der Waals surface area contributed by atoms with Gasteiger partial charge in [0, 0.05) is 19.3 Å². The number of carbonyl (C=O) groups is 1. The maximum atomic E-state index is 12.9. The third-order valence-corrected chi connectivity index (χ3v) is 4.14. The molecule has 112 valence electrons. The van der Waals surface area contributed by atoms with E-state index in [9.17, 15) is 4.79 Å². The molecule has 0 bridgehead atoms. The SMILES string of the molecule is CCCn1cc(C(=O)C2(OCC)CCCC(C)C2)cn1. The Morgan fingerprint density at radius 3 is 3.00 bits per heavy atom. The van der Waals surface area contributed by atoms with Crippen molar-refractivity contribution in [2.75, 3.05) is 6.61 Å². The van der Waals surface area contributed by atoms with Crippen LogP contribution in [0.3, 0.4) is 0 Å². The van der Waals surface area contributed by atoms with E-state index in [0.717, 1.165) is 32.2 Å². The minimum atomic E-state index is -0.619. The number of aryl methyl sites for hydroxylation is 1. The van der Waals surface area contributed by atoms with E-state index in [1.807, 2.05) is 17.8 Å².